The van der Waals surface area contributed by atoms with Gasteiger partial charge in [-0.25, -0.2) is 4.57 Å². The molecule has 6 N–H and O–H groups in total. The van der Waals surface area contributed by atoms with Crippen molar-refractivity contribution in [2.75, 3.05) is 25.2 Å². The van der Waals surface area contributed by atoms with Crippen LogP contribution in [0, 0.1) is 17.2 Å². The van der Waals surface area contributed by atoms with Crippen molar-refractivity contribution in [1.29, 1.82) is 5.26 Å². The Balaban J connectivity index is 1.51. The molecule has 42 heavy (non-hydrogen) atoms. The first kappa shape index (κ1) is 32.0. The summed E-state index contributed by atoms with van der Waals surface area (Å²) in [6.07, 6.45) is -2.16. The van der Waals surface area contributed by atoms with Crippen molar-refractivity contribution in [1.82, 2.24) is 9.76 Å². The highest BCUT2D eigenvalue weighted by Gasteiger charge is 2.58. The normalized spacial score (nSPS) is 27.4. The molecule has 2 unspecified atom stereocenters. The van der Waals surface area contributed by atoms with Crippen LogP contribution in [0.2, 0.25) is 0 Å². The molecule has 0 bridgehead atoms. The average molecular weight is 606 g/mol. The molecule has 0 amide bonds. The summed E-state index contributed by atoms with van der Waals surface area (Å²) < 4.78 is 38.2. The number of benzene rings is 1. The summed E-state index contributed by atoms with van der Waals surface area (Å²) in [6, 6.07) is 12.2. The van der Waals surface area contributed by atoms with Crippen molar-refractivity contribution in [3.8, 4) is 11.8 Å². The molecule has 1 aromatic carbocycles. The number of hydrogen-bond acceptors (Lipinski definition) is 11. The van der Waals surface area contributed by atoms with Crippen LogP contribution in [0.3, 0.4) is 0 Å². The summed E-state index contributed by atoms with van der Waals surface area (Å²) in [4.78, 5) is 12.7. The fourth-order valence-corrected chi connectivity index (χ4v) is 6.53. The van der Waals surface area contributed by atoms with Gasteiger partial charge in [0.1, 0.15) is 36.2 Å². The number of para-hydroxylation sites is 1. The molecule has 0 spiro atoms. The first-order chi connectivity index (χ1) is 20.1. The van der Waals surface area contributed by atoms with Crippen LogP contribution < -0.4 is 20.8 Å². The molecule has 0 aliphatic carbocycles. The van der Waals surface area contributed by atoms with Gasteiger partial charge in [-0.3, -0.25) is 14.0 Å². The van der Waals surface area contributed by atoms with E-state index in [1.807, 2.05) is 19.9 Å². The van der Waals surface area contributed by atoms with Crippen LogP contribution in [0.1, 0.15) is 57.5 Å². The Morgan fingerprint density at radius 1 is 1.29 bits per heavy atom. The second-order valence-electron chi connectivity index (χ2n) is 10.6. The summed E-state index contributed by atoms with van der Waals surface area (Å²) >= 11 is 0. The Bertz CT molecular complexity index is 1300. The first-order valence-corrected chi connectivity index (χ1v) is 15.7. The molecule has 14 heteroatoms. The lowest BCUT2D eigenvalue weighted by Crippen LogP contribution is -2.43. The van der Waals surface area contributed by atoms with Gasteiger partial charge in [-0.05, 0) is 43.5 Å². The molecule has 2 aromatic rings. The van der Waals surface area contributed by atoms with Crippen molar-refractivity contribution in [2.45, 2.75) is 76.0 Å². The van der Waals surface area contributed by atoms with E-state index < -0.39 is 50.3 Å². The van der Waals surface area contributed by atoms with Crippen LogP contribution in [0.25, 0.3) is 0 Å². The number of carbonyl (C=O) groups excluding carboxylic acids is 1. The maximum absolute atomic E-state index is 13.9. The van der Waals surface area contributed by atoms with Gasteiger partial charge in [-0.15, -0.1) is 0 Å². The van der Waals surface area contributed by atoms with Crippen LogP contribution >= 0.6 is 7.75 Å². The minimum Gasteiger partial charge on any atom is -0.464 e. The van der Waals surface area contributed by atoms with E-state index in [-0.39, 0.29) is 30.0 Å². The van der Waals surface area contributed by atoms with Gasteiger partial charge in [-0.2, -0.15) is 10.3 Å². The lowest BCUT2D eigenvalue weighted by molar-refractivity contribution is -0.146. The molecule has 7 atom stereocenters. The van der Waals surface area contributed by atoms with Crippen LogP contribution in [-0.4, -0.2) is 65.0 Å². The fraction of sp³-hybridized carbons (Fsp3) is 0.571. The number of rotatable bonds is 13. The van der Waals surface area contributed by atoms with Crippen LogP contribution in [0.4, 0.5) is 0 Å². The van der Waals surface area contributed by atoms with Crippen LogP contribution in [0.15, 0.2) is 42.5 Å². The number of nitrogens with zero attached hydrogens (tertiary/aromatic N) is 2. The minimum atomic E-state index is -4.29. The predicted octanol–water partition coefficient (Wildman–Crippen LogP) is 2.44. The molecule has 2 aliphatic heterocycles. The van der Waals surface area contributed by atoms with Gasteiger partial charge >= 0.3 is 13.7 Å². The third-order valence-corrected chi connectivity index (χ3v) is 9.36. The monoisotopic (exact) mass is 605 g/mol. The first-order valence-electron chi connectivity index (χ1n) is 14.2. The number of aliphatic hydroxyl groups excluding tert-OH is 2. The molecular formula is C28H40N5O8P. The Labute approximate surface area is 245 Å². The average Bonchev–Trinajstić information content (AvgIpc) is 3.53. The lowest BCUT2D eigenvalue weighted by atomic mass is 9.92. The largest absolute Gasteiger partial charge is 0.464 e. The molecule has 0 radical (unpaired) electrons. The van der Waals surface area contributed by atoms with Crippen molar-refractivity contribution < 1.29 is 38.1 Å². The second-order valence-corrected chi connectivity index (χ2v) is 12.3. The Hall–Kier alpha value is -2.95. The maximum atomic E-state index is 13.9. The fourth-order valence-electron chi connectivity index (χ4n) is 5.03. The zero-order valence-corrected chi connectivity index (χ0v) is 24.9. The van der Waals surface area contributed by atoms with Crippen LogP contribution in [-0.2, 0) is 29.0 Å². The molecule has 1 fully saturated rings. The molecule has 3 heterocycles. The summed E-state index contributed by atoms with van der Waals surface area (Å²) in [5.41, 5.74) is 8.32. The van der Waals surface area contributed by atoms with Gasteiger partial charge in [0, 0.05) is 12.6 Å². The van der Waals surface area contributed by atoms with E-state index in [0.717, 1.165) is 12.8 Å². The third-order valence-electron chi connectivity index (χ3n) is 7.72. The molecule has 4 rings (SSSR count). The topological polar surface area (TPSA) is 190 Å². The molecule has 2 aliphatic rings. The zero-order chi connectivity index (χ0) is 30.5. The van der Waals surface area contributed by atoms with E-state index in [9.17, 15) is 24.8 Å². The van der Waals surface area contributed by atoms with Crippen molar-refractivity contribution >= 4 is 13.7 Å². The smallest absolute Gasteiger partial charge is 0.459 e. The highest BCUT2D eigenvalue weighted by Crippen LogP contribution is 2.47. The van der Waals surface area contributed by atoms with Gasteiger partial charge in [0.2, 0.25) is 5.60 Å². The Morgan fingerprint density at radius 2 is 2.00 bits per heavy atom. The number of aliphatic hydroxyl groups is 2. The van der Waals surface area contributed by atoms with E-state index in [1.165, 1.54) is 6.92 Å². The molecule has 0 saturated carbocycles. The summed E-state index contributed by atoms with van der Waals surface area (Å²) in [6.45, 7) is 5.70. The number of esters is 1. The molecular weight excluding hydrogens is 565 g/mol. The van der Waals surface area contributed by atoms with Crippen molar-refractivity contribution in [3.63, 3.8) is 0 Å². The molecule has 230 valence electrons. The van der Waals surface area contributed by atoms with E-state index >= 15 is 0 Å². The highest BCUT2D eigenvalue weighted by molar-refractivity contribution is 7.52. The Morgan fingerprint density at radius 3 is 2.67 bits per heavy atom. The lowest BCUT2D eigenvalue weighted by Gasteiger charge is -2.31. The summed E-state index contributed by atoms with van der Waals surface area (Å²) in [7, 11) is -4.29. The maximum Gasteiger partial charge on any atom is 0.459 e. The van der Waals surface area contributed by atoms with E-state index in [1.54, 1.807) is 47.1 Å². The quantitative estimate of drug-likeness (QED) is 0.166. The van der Waals surface area contributed by atoms with Gasteiger partial charge in [-0.1, -0.05) is 44.9 Å². The number of hydrogen-bond donors (Lipinski definition) is 5. The number of nitrogens with two attached hydrogens (primary N) is 1. The van der Waals surface area contributed by atoms with E-state index in [4.69, 9.17) is 24.3 Å². The van der Waals surface area contributed by atoms with Gasteiger partial charge in [0.15, 0.2) is 0 Å². The molecule has 13 nitrogen and oxygen atoms in total. The van der Waals surface area contributed by atoms with E-state index in [0.29, 0.717) is 18.7 Å². The SMILES string of the molecule is CCC(CC)COC(=O)[C@H](C)NP(=O)(OC[C@H]1O[C@@](C#N)(c2ccc3n2NCCC3N)[C@H](O)[C@@H]1O)Oc1ccccc1. The van der Waals surface area contributed by atoms with Crippen molar-refractivity contribution in [3.05, 3.63) is 53.9 Å². The number of ether oxygens (including phenoxy) is 2. The van der Waals surface area contributed by atoms with Crippen LogP contribution in [0.5, 0.6) is 5.75 Å². The number of nitriles is 1. The van der Waals surface area contributed by atoms with Crippen molar-refractivity contribution in [2.24, 2.45) is 11.7 Å². The molecule has 1 aromatic heterocycles. The second kappa shape index (κ2) is 13.6. The molecule has 1 saturated heterocycles. The number of aromatic nitrogens is 1. The number of fused-ring (bicyclic) bond motifs is 1. The summed E-state index contributed by atoms with van der Waals surface area (Å²) in [5.74, 6) is -0.232. The standard InChI is InChI=1S/C28H40N5O8P/c1-4-19(5-2)15-38-27(36)18(3)32-42(37,41-20-9-7-6-8-10-20)39-16-23-25(34)26(35)28(17-29,40-23)24-12-11-22-21(30)13-14-31-33(22)24/h6-12,18-19,21,23,25-26,31,34-35H,4-5,13-16,30H2,1-3H3,(H,32,37)/t18-,21?,23+,25+,26+,28-,42?/m0/s1. The highest BCUT2D eigenvalue weighted by atomic mass is 31.2. The van der Waals surface area contributed by atoms with Gasteiger partial charge in [0.05, 0.1) is 24.6 Å². The minimum absolute atomic E-state index is 0.201. The zero-order valence-electron chi connectivity index (χ0n) is 24.0. The number of carbonyl (C=O) groups is 1. The Kier molecular flexibility index (Phi) is 10.3. The predicted molar refractivity (Wildman–Crippen MR) is 153 cm³/mol. The van der Waals surface area contributed by atoms with Gasteiger partial charge in [0.25, 0.3) is 0 Å². The summed E-state index contributed by atoms with van der Waals surface area (Å²) in [5, 5.41) is 34.8. The third kappa shape index (κ3) is 6.66. The van der Waals surface area contributed by atoms with E-state index in [2.05, 4.69) is 10.5 Å². The van der Waals surface area contributed by atoms with Gasteiger partial charge < -0.3 is 35.4 Å². The number of nitrogens with one attached hydrogen (secondary N) is 2.